The van der Waals surface area contributed by atoms with E-state index in [0.29, 0.717) is 12.5 Å². The summed E-state index contributed by atoms with van der Waals surface area (Å²) in [5, 5.41) is 0. The lowest BCUT2D eigenvalue weighted by Gasteiger charge is -2.49. The second-order valence-electron chi connectivity index (χ2n) is 5.16. The van der Waals surface area contributed by atoms with Gasteiger partial charge in [0.25, 0.3) is 0 Å². The maximum atomic E-state index is 11.7. The summed E-state index contributed by atoms with van der Waals surface area (Å²) in [6.07, 6.45) is 1.78. The summed E-state index contributed by atoms with van der Waals surface area (Å²) in [6.45, 7) is 6.66. The smallest absolute Gasteiger partial charge is 0.229 e. The van der Waals surface area contributed by atoms with Crippen molar-refractivity contribution >= 4 is 11.6 Å². The minimum Gasteiger partial charge on any atom is -0.308 e. The Labute approximate surface area is 97.3 Å². The van der Waals surface area contributed by atoms with Crippen LogP contribution in [0.1, 0.15) is 33.6 Å². The first-order chi connectivity index (χ1) is 7.56. The van der Waals surface area contributed by atoms with Crippen molar-refractivity contribution < 1.29 is 4.79 Å². The molecule has 0 aliphatic carbocycles. The molecule has 1 aliphatic heterocycles. The van der Waals surface area contributed by atoms with Crippen molar-refractivity contribution in [3.63, 3.8) is 0 Å². The van der Waals surface area contributed by atoms with Gasteiger partial charge in [-0.25, -0.2) is 0 Å². The Morgan fingerprint density at radius 1 is 1.31 bits per heavy atom. The first kappa shape index (κ1) is 11.2. The number of anilines is 1. The average molecular weight is 217 g/mol. The second-order valence-corrected chi connectivity index (χ2v) is 5.16. The Morgan fingerprint density at radius 3 is 2.44 bits per heavy atom. The van der Waals surface area contributed by atoms with Crippen molar-refractivity contribution in [3.8, 4) is 0 Å². The van der Waals surface area contributed by atoms with E-state index in [1.165, 1.54) is 0 Å². The quantitative estimate of drug-likeness (QED) is 0.712. The fourth-order valence-corrected chi connectivity index (χ4v) is 2.19. The van der Waals surface area contributed by atoms with Gasteiger partial charge in [-0.05, 0) is 24.0 Å². The third-order valence-corrected chi connectivity index (χ3v) is 3.80. The fourth-order valence-electron chi connectivity index (χ4n) is 2.19. The third kappa shape index (κ3) is 1.73. The predicted molar refractivity (Wildman–Crippen MR) is 66.4 cm³/mol. The molecule has 1 aromatic rings. The minimum atomic E-state index is 0.198. The van der Waals surface area contributed by atoms with Gasteiger partial charge in [0.15, 0.2) is 0 Å². The summed E-state index contributed by atoms with van der Waals surface area (Å²) in [7, 11) is 0. The molecule has 0 radical (unpaired) electrons. The van der Waals surface area contributed by atoms with Crippen LogP contribution in [-0.4, -0.2) is 11.9 Å². The fraction of sp³-hybridized carbons (Fsp3) is 0.500. The molecule has 0 unspecified atom stereocenters. The van der Waals surface area contributed by atoms with Crippen molar-refractivity contribution in [3.05, 3.63) is 30.3 Å². The Kier molecular flexibility index (Phi) is 2.75. The van der Waals surface area contributed by atoms with Crippen molar-refractivity contribution in [1.82, 2.24) is 0 Å². The van der Waals surface area contributed by atoms with Gasteiger partial charge in [-0.1, -0.05) is 39.0 Å². The molecular formula is C14H19NO. The largest absolute Gasteiger partial charge is 0.308 e. The van der Waals surface area contributed by atoms with E-state index in [1.54, 1.807) is 0 Å². The molecule has 1 aliphatic rings. The molecule has 0 bridgehead atoms. The van der Waals surface area contributed by atoms with Crippen LogP contribution in [-0.2, 0) is 4.79 Å². The van der Waals surface area contributed by atoms with Gasteiger partial charge in [0, 0.05) is 12.1 Å². The molecule has 1 aromatic carbocycles. The third-order valence-electron chi connectivity index (χ3n) is 3.80. The first-order valence-corrected chi connectivity index (χ1v) is 5.93. The van der Waals surface area contributed by atoms with Gasteiger partial charge in [0.1, 0.15) is 0 Å². The van der Waals surface area contributed by atoms with Crippen molar-refractivity contribution in [2.45, 2.75) is 39.7 Å². The summed E-state index contributed by atoms with van der Waals surface area (Å²) in [6, 6.07) is 10.3. The number of β-lactam (4-membered cyclic amide) rings is 1. The number of carbonyl (C=O) groups excluding carboxylic acids is 1. The van der Waals surface area contributed by atoms with Gasteiger partial charge < -0.3 is 4.90 Å². The molecule has 0 spiro atoms. The van der Waals surface area contributed by atoms with Crippen LogP contribution in [0.4, 0.5) is 5.69 Å². The van der Waals surface area contributed by atoms with E-state index in [4.69, 9.17) is 0 Å². The lowest BCUT2D eigenvalue weighted by molar-refractivity contribution is -0.126. The Bertz CT molecular complexity index is 383. The maximum absolute atomic E-state index is 11.7. The van der Waals surface area contributed by atoms with E-state index >= 15 is 0 Å². The van der Waals surface area contributed by atoms with E-state index in [-0.39, 0.29) is 11.3 Å². The molecule has 2 heteroatoms. The van der Waals surface area contributed by atoms with Crippen LogP contribution in [0.25, 0.3) is 0 Å². The van der Waals surface area contributed by atoms with Gasteiger partial charge in [-0.2, -0.15) is 0 Å². The van der Waals surface area contributed by atoms with Crippen molar-refractivity contribution in [2.75, 3.05) is 4.90 Å². The molecule has 2 rings (SSSR count). The predicted octanol–water partition coefficient (Wildman–Crippen LogP) is 3.23. The van der Waals surface area contributed by atoms with Crippen LogP contribution in [0.5, 0.6) is 0 Å². The Hall–Kier alpha value is -1.31. The summed E-state index contributed by atoms with van der Waals surface area (Å²) >= 11 is 0. The number of hydrogen-bond acceptors (Lipinski definition) is 1. The van der Waals surface area contributed by atoms with Crippen LogP contribution >= 0.6 is 0 Å². The lowest BCUT2D eigenvalue weighted by Crippen LogP contribution is -2.59. The Morgan fingerprint density at radius 2 is 1.94 bits per heavy atom. The van der Waals surface area contributed by atoms with Crippen LogP contribution in [0.3, 0.4) is 0 Å². The Balaban J connectivity index is 2.24. The zero-order valence-corrected chi connectivity index (χ0v) is 10.2. The van der Waals surface area contributed by atoms with Crippen LogP contribution in [0.2, 0.25) is 0 Å². The zero-order chi connectivity index (χ0) is 11.8. The SMILES string of the molecule is CCC(C)(C)[C@H]1CC(=O)N1c1ccccc1. The van der Waals surface area contributed by atoms with E-state index in [2.05, 4.69) is 20.8 Å². The number of nitrogens with zero attached hydrogens (tertiary/aromatic N) is 1. The standard InChI is InChI=1S/C14H19NO/c1-4-14(2,3)12-10-13(16)15(12)11-8-6-5-7-9-11/h5-9,12H,4,10H2,1-3H3/t12-/m1/s1. The molecule has 0 saturated carbocycles. The summed E-state index contributed by atoms with van der Waals surface area (Å²) in [5.41, 5.74) is 1.23. The van der Waals surface area contributed by atoms with Gasteiger partial charge in [-0.3, -0.25) is 4.79 Å². The van der Waals surface area contributed by atoms with E-state index < -0.39 is 0 Å². The lowest BCUT2D eigenvalue weighted by atomic mass is 9.75. The highest BCUT2D eigenvalue weighted by atomic mass is 16.2. The molecule has 1 saturated heterocycles. The van der Waals surface area contributed by atoms with E-state index in [1.807, 2.05) is 35.2 Å². The zero-order valence-electron chi connectivity index (χ0n) is 10.2. The molecule has 0 N–H and O–H groups in total. The monoisotopic (exact) mass is 217 g/mol. The maximum Gasteiger partial charge on any atom is 0.229 e. The molecule has 2 nitrogen and oxygen atoms in total. The number of para-hydroxylation sites is 1. The van der Waals surface area contributed by atoms with Crippen molar-refractivity contribution in [1.29, 1.82) is 0 Å². The number of amides is 1. The molecule has 1 fully saturated rings. The summed E-state index contributed by atoms with van der Waals surface area (Å²) in [5.74, 6) is 0.248. The molecule has 1 amide bonds. The molecule has 0 aromatic heterocycles. The van der Waals surface area contributed by atoms with E-state index in [9.17, 15) is 4.79 Å². The number of rotatable bonds is 3. The molecule has 1 heterocycles. The normalized spacial score (nSPS) is 20.8. The highest BCUT2D eigenvalue weighted by Gasteiger charge is 2.45. The summed E-state index contributed by atoms with van der Waals surface area (Å²) in [4.78, 5) is 13.7. The highest BCUT2D eigenvalue weighted by molar-refractivity contribution is 6.01. The highest BCUT2D eigenvalue weighted by Crippen LogP contribution is 2.40. The van der Waals surface area contributed by atoms with Crippen LogP contribution in [0.15, 0.2) is 30.3 Å². The van der Waals surface area contributed by atoms with Crippen molar-refractivity contribution in [2.24, 2.45) is 5.41 Å². The summed E-state index contributed by atoms with van der Waals surface area (Å²) < 4.78 is 0. The van der Waals surface area contributed by atoms with Crippen LogP contribution < -0.4 is 4.90 Å². The molecular weight excluding hydrogens is 198 g/mol. The first-order valence-electron chi connectivity index (χ1n) is 5.93. The topological polar surface area (TPSA) is 20.3 Å². The molecule has 16 heavy (non-hydrogen) atoms. The van der Waals surface area contributed by atoms with Gasteiger partial charge >= 0.3 is 0 Å². The van der Waals surface area contributed by atoms with Gasteiger partial charge in [-0.15, -0.1) is 0 Å². The van der Waals surface area contributed by atoms with Gasteiger partial charge in [0.2, 0.25) is 5.91 Å². The number of carbonyl (C=O) groups is 1. The average Bonchev–Trinajstić information content (AvgIpc) is 2.27. The van der Waals surface area contributed by atoms with E-state index in [0.717, 1.165) is 12.1 Å². The molecule has 86 valence electrons. The minimum absolute atomic E-state index is 0.198. The number of hydrogen-bond donors (Lipinski definition) is 0. The number of benzene rings is 1. The van der Waals surface area contributed by atoms with Crippen LogP contribution in [0, 0.1) is 5.41 Å². The molecule has 1 atom stereocenters. The second kappa shape index (κ2) is 3.93. The van der Waals surface area contributed by atoms with Gasteiger partial charge in [0.05, 0.1) is 6.04 Å².